The molecule has 2 nitrogen and oxygen atoms in total. The molecule has 118 valence electrons. The third kappa shape index (κ3) is 3.03. The van der Waals surface area contributed by atoms with E-state index in [1.807, 2.05) is 11.8 Å². The summed E-state index contributed by atoms with van der Waals surface area (Å²) in [5, 5.41) is 7.41. The summed E-state index contributed by atoms with van der Waals surface area (Å²) in [7, 11) is 0. The number of rotatable bonds is 4. The van der Waals surface area contributed by atoms with Crippen LogP contribution in [0.1, 0.15) is 59.4 Å². The Morgan fingerprint density at radius 3 is 2.52 bits per heavy atom. The Morgan fingerprint density at radius 2 is 2.00 bits per heavy atom. The fourth-order valence-electron chi connectivity index (χ4n) is 3.34. The predicted octanol–water partition coefficient (Wildman–Crippen LogP) is 5.56. The Bertz CT molecular complexity index is 512. The van der Waals surface area contributed by atoms with Crippen LogP contribution in [0.3, 0.4) is 0 Å². The van der Waals surface area contributed by atoms with E-state index in [-0.39, 0.29) is 5.54 Å². The number of fused-ring (bicyclic) bond motifs is 1. The lowest BCUT2D eigenvalue weighted by Crippen LogP contribution is -2.46. The van der Waals surface area contributed by atoms with Crippen molar-refractivity contribution in [3.05, 3.63) is 17.7 Å². The maximum atomic E-state index is 3.85. The normalized spacial score (nSPS) is 28.2. The lowest BCUT2D eigenvalue weighted by molar-refractivity contribution is 0.283. The number of thioether (sulfide) groups is 1. The van der Waals surface area contributed by atoms with Gasteiger partial charge in [-0.1, -0.05) is 20.8 Å². The van der Waals surface area contributed by atoms with Crippen LogP contribution in [0.15, 0.2) is 17.0 Å². The van der Waals surface area contributed by atoms with E-state index in [0.29, 0.717) is 17.9 Å². The van der Waals surface area contributed by atoms with Gasteiger partial charge in [0, 0.05) is 22.2 Å². The summed E-state index contributed by atoms with van der Waals surface area (Å²) in [6.07, 6.45) is 3.32. The molecule has 1 heterocycles. The fourth-order valence-corrected chi connectivity index (χ4v) is 3.96. The van der Waals surface area contributed by atoms with Gasteiger partial charge in [0.1, 0.15) is 0 Å². The van der Waals surface area contributed by atoms with E-state index >= 15 is 0 Å². The molecular formula is C18H30N2S. The average molecular weight is 307 g/mol. The van der Waals surface area contributed by atoms with Gasteiger partial charge in [0.2, 0.25) is 0 Å². The zero-order chi connectivity index (χ0) is 15.8. The second-order valence-electron chi connectivity index (χ2n) is 6.92. The van der Waals surface area contributed by atoms with Gasteiger partial charge in [-0.2, -0.15) is 0 Å². The van der Waals surface area contributed by atoms with Gasteiger partial charge in [0.05, 0.1) is 5.69 Å². The zero-order valence-corrected chi connectivity index (χ0v) is 15.3. The van der Waals surface area contributed by atoms with Crippen LogP contribution in [0, 0.1) is 5.92 Å². The van der Waals surface area contributed by atoms with Crippen LogP contribution in [0.4, 0.5) is 11.4 Å². The van der Waals surface area contributed by atoms with Crippen molar-refractivity contribution in [3.63, 3.8) is 0 Å². The molecule has 0 aromatic heterocycles. The quantitative estimate of drug-likeness (QED) is 0.712. The number of nitrogens with one attached hydrogen (secondary N) is 2. The predicted molar refractivity (Wildman–Crippen MR) is 96.9 cm³/mol. The van der Waals surface area contributed by atoms with Crippen molar-refractivity contribution >= 4 is 23.1 Å². The number of hydrogen-bond acceptors (Lipinski definition) is 3. The molecule has 1 aromatic carbocycles. The summed E-state index contributed by atoms with van der Waals surface area (Å²) in [6, 6.07) is 5.09. The molecule has 0 amide bonds. The molecule has 0 bridgehead atoms. The summed E-state index contributed by atoms with van der Waals surface area (Å²) in [4.78, 5) is 1.36. The van der Waals surface area contributed by atoms with Crippen LogP contribution in [0.25, 0.3) is 0 Å². The third-order valence-corrected chi connectivity index (χ3v) is 5.96. The fraction of sp³-hybridized carbons (Fsp3) is 0.667. The van der Waals surface area contributed by atoms with Gasteiger partial charge in [0.25, 0.3) is 0 Å². The molecule has 1 aromatic rings. The highest BCUT2D eigenvalue weighted by molar-refractivity contribution is 7.98. The summed E-state index contributed by atoms with van der Waals surface area (Å²) >= 11 is 1.84. The van der Waals surface area contributed by atoms with Gasteiger partial charge in [-0.3, -0.25) is 0 Å². The maximum Gasteiger partial charge on any atom is 0.0519 e. The van der Waals surface area contributed by atoms with Crippen LogP contribution in [-0.4, -0.2) is 17.8 Å². The topological polar surface area (TPSA) is 24.1 Å². The first-order chi connectivity index (χ1) is 9.82. The minimum Gasteiger partial charge on any atom is -0.383 e. The Morgan fingerprint density at radius 1 is 1.33 bits per heavy atom. The van der Waals surface area contributed by atoms with Gasteiger partial charge in [-0.05, 0) is 63.0 Å². The van der Waals surface area contributed by atoms with Gasteiger partial charge < -0.3 is 10.6 Å². The molecule has 2 N–H and O–H groups in total. The molecule has 3 heteroatoms. The second kappa shape index (κ2) is 6.12. The van der Waals surface area contributed by atoms with E-state index in [1.54, 1.807) is 0 Å². The molecule has 21 heavy (non-hydrogen) atoms. The lowest BCUT2D eigenvalue weighted by atomic mass is 9.71. The van der Waals surface area contributed by atoms with Gasteiger partial charge in [0.15, 0.2) is 0 Å². The van der Waals surface area contributed by atoms with E-state index in [9.17, 15) is 0 Å². The van der Waals surface area contributed by atoms with Crippen molar-refractivity contribution in [1.29, 1.82) is 0 Å². The largest absolute Gasteiger partial charge is 0.383 e. The average Bonchev–Trinajstić information content (AvgIpc) is 2.44. The minimum absolute atomic E-state index is 0.184. The highest BCUT2D eigenvalue weighted by Gasteiger charge is 2.39. The molecule has 0 radical (unpaired) electrons. The van der Waals surface area contributed by atoms with Crippen molar-refractivity contribution < 1.29 is 0 Å². The molecule has 0 saturated heterocycles. The highest BCUT2D eigenvalue weighted by atomic mass is 32.2. The van der Waals surface area contributed by atoms with Crippen LogP contribution in [-0.2, 0) is 0 Å². The standard InChI is InChI=1S/C18H30N2S/c1-8-18(6)13(5)12(4)15-9-14(19-11(2)3)10-16(21-7)17(15)20-18/h9-13,19-20H,8H2,1-7H3. The monoisotopic (exact) mass is 306 g/mol. The molecule has 1 aliphatic rings. The number of benzene rings is 1. The van der Waals surface area contributed by atoms with E-state index in [1.165, 1.54) is 21.8 Å². The van der Waals surface area contributed by atoms with E-state index < -0.39 is 0 Å². The molecule has 0 fully saturated rings. The smallest absolute Gasteiger partial charge is 0.0519 e. The van der Waals surface area contributed by atoms with Crippen LogP contribution < -0.4 is 10.6 Å². The van der Waals surface area contributed by atoms with Gasteiger partial charge in [-0.15, -0.1) is 11.8 Å². The highest BCUT2D eigenvalue weighted by Crippen LogP contribution is 2.48. The van der Waals surface area contributed by atoms with Gasteiger partial charge >= 0.3 is 0 Å². The van der Waals surface area contributed by atoms with E-state index in [2.05, 4.69) is 70.6 Å². The zero-order valence-electron chi connectivity index (χ0n) is 14.5. The Labute approximate surface area is 134 Å². The Kier molecular flexibility index (Phi) is 4.82. The Hall–Kier alpha value is -0.830. The molecule has 0 aliphatic carbocycles. The SMILES string of the molecule is CCC1(C)Nc2c(SC)cc(NC(C)C)cc2C(C)C1C. The number of anilines is 2. The lowest BCUT2D eigenvalue weighted by Gasteiger charge is -2.46. The second-order valence-corrected chi connectivity index (χ2v) is 7.76. The Balaban J connectivity index is 2.52. The molecule has 3 atom stereocenters. The molecule has 3 unspecified atom stereocenters. The number of hydrogen-bond donors (Lipinski definition) is 2. The van der Waals surface area contributed by atoms with Crippen LogP contribution in [0.5, 0.6) is 0 Å². The molecule has 1 aliphatic heterocycles. The first kappa shape index (κ1) is 16.5. The van der Waals surface area contributed by atoms with Crippen molar-refractivity contribution in [2.45, 2.75) is 70.4 Å². The molecule has 0 saturated carbocycles. The minimum atomic E-state index is 0.184. The van der Waals surface area contributed by atoms with Crippen LogP contribution >= 0.6 is 11.8 Å². The van der Waals surface area contributed by atoms with Crippen molar-refractivity contribution in [1.82, 2.24) is 0 Å². The molecular weight excluding hydrogens is 276 g/mol. The summed E-state index contributed by atoms with van der Waals surface area (Å²) in [5.74, 6) is 1.20. The first-order valence-electron chi connectivity index (χ1n) is 8.09. The molecule has 0 spiro atoms. The summed E-state index contributed by atoms with van der Waals surface area (Å²) in [6.45, 7) is 13.8. The van der Waals surface area contributed by atoms with E-state index in [4.69, 9.17) is 0 Å². The summed E-state index contributed by atoms with van der Waals surface area (Å²) in [5.41, 5.74) is 4.24. The van der Waals surface area contributed by atoms with Crippen molar-refractivity contribution in [2.75, 3.05) is 16.9 Å². The third-order valence-electron chi connectivity index (χ3n) is 5.20. The maximum absolute atomic E-state index is 3.85. The van der Waals surface area contributed by atoms with Crippen molar-refractivity contribution in [3.8, 4) is 0 Å². The first-order valence-corrected chi connectivity index (χ1v) is 9.31. The molecule has 2 rings (SSSR count). The van der Waals surface area contributed by atoms with Crippen molar-refractivity contribution in [2.24, 2.45) is 5.92 Å². The summed E-state index contributed by atoms with van der Waals surface area (Å²) < 4.78 is 0. The van der Waals surface area contributed by atoms with E-state index in [0.717, 1.165) is 6.42 Å². The van der Waals surface area contributed by atoms with Crippen LogP contribution in [0.2, 0.25) is 0 Å². The van der Waals surface area contributed by atoms with Gasteiger partial charge in [-0.25, -0.2) is 0 Å².